The van der Waals surface area contributed by atoms with Gasteiger partial charge in [-0.3, -0.25) is 9.59 Å². The van der Waals surface area contributed by atoms with Crippen LogP contribution >= 0.6 is 0 Å². The molecule has 0 saturated carbocycles. The third-order valence-electron chi connectivity index (χ3n) is 7.36. The third-order valence-corrected chi connectivity index (χ3v) is 7.36. The second kappa shape index (κ2) is 10.2. The average Bonchev–Trinajstić information content (AvgIpc) is 2.97. The van der Waals surface area contributed by atoms with Crippen LogP contribution in [0.3, 0.4) is 0 Å². The van der Waals surface area contributed by atoms with E-state index in [1.165, 1.54) is 24.3 Å². The minimum Gasteiger partial charge on any atom is -0.507 e. The van der Waals surface area contributed by atoms with Gasteiger partial charge >= 0.3 is 0 Å². The Bertz CT molecular complexity index is 1960. The number of phenols is 2. The highest BCUT2D eigenvalue weighted by molar-refractivity contribution is 6.06. The van der Waals surface area contributed by atoms with Gasteiger partial charge in [0, 0.05) is 34.4 Å². The molecule has 42 heavy (non-hydrogen) atoms. The summed E-state index contributed by atoms with van der Waals surface area (Å²) in [4.78, 5) is 26.8. The molecular weight excluding hydrogens is 536 g/mol. The molecule has 0 amide bonds. The van der Waals surface area contributed by atoms with Crippen LogP contribution in [0.5, 0.6) is 23.0 Å². The second-order valence-corrected chi connectivity index (χ2v) is 9.99. The van der Waals surface area contributed by atoms with Crippen LogP contribution in [0.1, 0.15) is 11.1 Å². The van der Waals surface area contributed by atoms with E-state index in [0.29, 0.717) is 44.9 Å². The minimum absolute atomic E-state index is 0.0119. The van der Waals surface area contributed by atoms with Gasteiger partial charge in [0.25, 0.3) is 0 Å². The Morgan fingerprint density at radius 3 is 1.26 bits per heavy atom. The first-order valence-electron chi connectivity index (χ1n) is 13.1. The Morgan fingerprint density at radius 2 is 0.929 bits per heavy atom. The molecule has 2 heterocycles. The zero-order valence-corrected chi connectivity index (χ0v) is 23.3. The highest BCUT2D eigenvalue weighted by Gasteiger charge is 2.24. The van der Waals surface area contributed by atoms with E-state index in [4.69, 9.17) is 18.3 Å². The summed E-state index contributed by atoms with van der Waals surface area (Å²) >= 11 is 0. The zero-order chi connectivity index (χ0) is 29.7. The van der Waals surface area contributed by atoms with E-state index >= 15 is 0 Å². The third kappa shape index (κ3) is 4.34. The number of methoxy groups -OCH3 is 2. The summed E-state index contributed by atoms with van der Waals surface area (Å²) in [6, 6.07) is 19.7. The maximum atomic E-state index is 13.4. The van der Waals surface area contributed by atoms with Crippen molar-refractivity contribution in [2.24, 2.45) is 0 Å². The summed E-state index contributed by atoms with van der Waals surface area (Å²) in [5, 5.41) is 21.7. The van der Waals surface area contributed by atoms with Crippen molar-refractivity contribution in [2.45, 2.75) is 13.8 Å². The van der Waals surface area contributed by atoms with Gasteiger partial charge in [-0.2, -0.15) is 0 Å². The number of aryl methyl sites for hydroxylation is 2. The predicted molar refractivity (Wildman–Crippen MR) is 161 cm³/mol. The smallest absolute Gasteiger partial charge is 0.197 e. The fraction of sp³-hybridized carbons (Fsp3) is 0.118. The molecule has 6 aromatic rings. The lowest BCUT2D eigenvalue weighted by molar-refractivity contribution is 0.414. The van der Waals surface area contributed by atoms with E-state index < -0.39 is 10.9 Å². The van der Waals surface area contributed by atoms with Gasteiger partial charge in [0.1, 0.15) is 45.3 Å². The lowest BCUT2D eigenvalue weighted by atomic mass is 9.91. The first-order chi connectivity index (χ1) is 20.2. The quantitative estimate of drug-likeness (QED) is 0.232. The summed E-state index contributed by atoms with van der Waals surface area (Å²) in [5.41, 5.74) is 2.66. The molecule has 0 spiro atoms. The summed E-state index contributed by atoms with van der Waals surface area (Å²) in [6.07, 6.45) is 0. The summed E-state index contributed by atoms with van der Waals surface area (Å²) in [6.45, 7) is 3.52. The number of rotatable bonds is 5. The molecule has 6 rings (SSSR count). The van der Waals surface area contributed by atoms with Crippen molar-refractivity contribution >= 4 is 21.9 Å². The fourth-order valence-electron chi connectivity index (χ4n) is 5.30. The van der Waals surface area contributed by atoms with E-state index in [1.54, 1.807) is 76.6 Å². The molecule has 0 radical (unpaired) electrons. The Labute approximate surface area is 239 Å². The van der Waals surface area contributed by atoms with Crippen molar-refractivity contribution in [2.75, 3.05) is 14.2 Å². The first kappa shape index (κ1) is 26.7. The van der Waals surface area contributed by atoms with E-state index in [9.17, 15) is 19.8 Å². The van der Waals surface area contributed by atoms with E-state index in [0.717, 1.165) is 0 Å². The standard InChI is InChI=1S/C34H26O8/c1-17-13-23(35)31-25(37)15-27(19-5-9-21(39-3)10-6-19)41-33(31)29(17)30-18(2)14-24(36)32-26(38)16-28(42-34(30)32)20-7-11-22(40-4)12-8-20/h5-16,35-36H,1-4H3. The molecule has 0 aliphatic heterocycles. The first-order valence-corrected chi connectivity index (χ1v) is 13.1. The normalized spacial score (nSPS) is 11.2. The number of phenolic OH excluding ortho intramolecular Hbond substituents is 2. The van der Waals surface area contributed by atoms with Gasteiger partial charge < -0.3 is 28.5 Å². The van der Waals surface area contributed by atoms with Crippen LogP contribution in [0, 0.1) is 13.8 Å². The fourth-order valence-corrected chi connectivity index (χ4v) is 5.30. The maximum Gasteiger partial charge on any atom is 0.197 e. The molecule has 0 fully saturated rings. The van der Waals surface area contributed by atoms with E-state index in [1.807, 2.05) is 0 Å². The Morgan fingerprint density at radius 1 is 0.571 bits per heavy atom. The van der Waals surface area contributed by atoms with Crippen molar-refractivity contribution in [1.29, 1.82) is 0 Å². The van der Waals surface area contributed by atoms with Gasteiger partial charge in [-0.25, -0.2) is 0 Å². The van der Waals surface area contributed by atoms with Crippen molar-refractivity contribution < 1.29 is 28.5 Å². The molecule has 0 bridgehead atoms. The number of hydrogen-bond donors (Lipinski definition) is 2. The van der Waals surface area contributed by atoms with Crippen molar-refractivity contribution in [3.05, 3.63) is 104 Å². The highest BCUT2D eigenvalue weighted by Crippen LogP contribution is 2.44. The van der Waals surface area contributed by atoms with Gasteiger partial charge in [-0.05, 0) is 85.6 Å². The summed E-state index contributed by atoms with van der Waals surface area (Å²) in [5.74, 6) is 1.38. The minimum atomic E-state index is -0.443. The van der Waals surface area contributed by atoms with Crippen molar-refractivity contribution in [3.8, 4) is 56.8 Å². The Balaban J connectivity index is 1.70. The molecule has 0 atom stereocenters. The molecule has 210 valence electrons. The van der Waals surface area contributed by atoms with Gasteiger partial charge in [0.05, 0.1) is 14.2 Å². The van der Waals surface area contributed by atoms with Gasteiger partial charge in [0.15, 0.2) is 22.0 Å². The van der Waals surface area contributed by atoms with Crippen molar-refractivity contribution in [3.63, 3.8) is 0 Å². The molecule has 0 aliphatic rings. The van der Waals surface area contributed by atoms with Gasteiger partial charge in [-0.15, -0.1) is 0 Å². The number of benzene rings is 4. The molecule has 2 N–H and O–H groups in total. The molecule has 0 aliphatic carbocycles. The van der Waals surface area contributed by atoms with Crippen LogP contribution in [-0.4, -0.2) is 24.4 Å². The molecule has 8 heteroatoms. The molecule has 2 aromatic heterocycles. The Kier molecular flexibility index (Phi) is 6.46. The highest BCUT2D eigenvalue weighted by atomic mass is 16.5. The number of hydrogen-bond acceptors (Lipinski definition) is 8. The largest absolute Gasteiger partial charge is 0.507 e. The van der Waals surface area contributed by atoms with Gasteiger partial charge in [0.2, 0.25) is 0 Å². The number of ether oxygens (including phenoxy) is 2. The average molecular weight is 563 g/mol. The molecular formula is C34H26O8. The van der Waals surface area contributed by atoms with Crippen LogP contribution < -0.4 is 20.3 Å². The lowest BCUT2D eigenvalue weighted by Crippen LogP contribution is -2.05. The van der Waals surface area contributed by atoms with Gasteiger partial charge in [-0.1, -0.05) is 0 Å². The SMILES string of the molecule is COc1ccc(-c2cc(=O)c3c(O)cc(C)c(-c4c(C)cc(O)c5c(=O)cc(-c6ccc(OC)cc6)oc45)c3o2)cc1. The molecule has 0 saturated heterocycles. The second-order valence-electron chi connectivity index (χ2n) is 9.99. The summed E-state index contributed by atoms with van der Waals surface area (Å²) in [7, 11) is 3.12. The Hall–Kier alpha value is -5.50. The number of fused-ring (bicyclic) bond motifs is 2. The molecule has 0 unspecified atom stereocenters. The van der Waals surface area contributed by atoms with Crippen LogP contribution in [-0.2, 0) is 0 Å². The topological polar surface area (TPSA) is 119 Å². The monoisotopic (exact) mass is 562 g/mol. The summed E-state index contributed by atoms with van der Waals surface area (Å²) < 4.78 is 23.2. The number of aromatic hydroxyl groups is 2. The predicted octanol–water partition coefficient (Wildman–Crippen LogP) is 6.95. The lowest BCUT2D eigenvalue weighted by Gasteiger charge is -2.17. The van der Waals surface area contributed by atoms with Crippen molar-refractivity contribution in [1.82, 2.24) is 0 Å². The molecule has 8 nitrogen and oxygen atoms in total. The van der Waals surface area contributed by atoms with Crippen LogP contribution in [0.25, 0.3) is 55.7 Å². The van der Waals surface area contributed by atoms with Crippen LogP contribution in [0.4, 0.5) is 0 Å². The van der Waals surface area contributed by atoms with E-state index in [2.05, 4.69) is 0 Å². The zero-order valence-electron chi connectivity index (χ0n) is 23.3. The maximum absolute atomic E-state index is 13.4. The van der Waals surface area contributed by atoms with Crippen LogP contribution in [0.2, 0.25) is 0 Å². The van der Waals surface area contributed by atoms with Crippen LogP contribution in [0.15, 0.2) is 91.2 Å². The van der Waals surface area contributed by atoms with E-state index in [-0.39, 0.29) is 45.0 Å². The molecule has 4 aromatic carbocycles.